The fraction of sp³-hybridized carbons (Fsp3) is 0.964. The number of piperidine rings is 1. The second kappa shape index (κ2) is 12.0. The summed E-state index contributed by atoms with van der Waals surface area (Å²) in [5.74, 6) is -0.183. The molecule has 0 aromatic carbocycles. The van der Waals surface area contributed by atoms with Crippen LogP contribution in [0.15, 0.2) is 0 Å². The van der Waals surface area contributed by atoms with Crippen molar-refractivity contribution in [3.8, 4) is 0 Å². The minimum Gasteiger partial charge on any atom is -0.479 e. The number of hydrogen-bond acceptors (Lipinski definition) is 7. The Hall–Kier alpha value is -0.770. The van der Waals surface area contributed by atoms with Crippen LogP contribution in [0.3, 0.4) is 0 Å². The second-order valence-corrected chi connectivity index (χ2v) is 12.7. The van der Waals surface area contributed by atoms with Gasteiger partial charge in [0.25, 0.3) is 0 Å². The Morgan fingerprint density at radius 3 is 2.56 bits per heavy atom. The number of hydrogen-bond donors (Lipinski definition) is 3. The van der Waals surface area contributed by atoms with Crippen molar-refractivity contribution in [2.45, 2.75) is 120 Å². The molecule has 0 spiro atoms. The van der Waals surface area contributed by atoms with Crippen molar-refractivity contribution in [1.29, 1.82) is 0 Å². The number of carboxylic acids is 1. The molecule has 3 aliphatic heterocycles. The predicted molar refractivity (Wildman–Crippen MR) is 142 cm³/mol. The van der Waals surface area contributed by atoms with Gasteiger partial charge in [-0.2, -0.15) is 0 Å². The topological polar surface area (TPSA) is 80.3 Å². The number of nitrogens with zero attached hydrogens (tertiary/aromatic N) is 3. The fourth-order valence-electron chi connectivity index (χ4n) is 7.76. The van der Waals surface area contributed by atoms with E-state index in [0.717, 1.165) is 58.2 Å². The number of carboxylic acid groups (broad SMARTS) is 1. The van der Waals surface area contributed by atoms with E-state index in [2.05, 4.69) is 25.6 Å². The molecular formula is C28H51N5O3. The van der Waals surface area contributed by atoms with Crippen LogP contribution in [-0.2, 0) is 9.53 Å². The van der Waals surface area contributed by atoms with Crippen molar-refractivity contribution in [2.75, 3.05) is 45.8 Å². The van der Waals surface area contributed by atoms with Crippen LogP contribution in [0.1, 0.15) is 84.5 Å². The van der Waals surface area contributed by atoms with Crippen molar-refractivity contribution in [2.24, 2.45) is 5.92 Å². The van der Waals surface area contributed by atoms with Crippen LogP contribution in [-0.4, -0.2) is 108 Å². The van der Waals surface area contributed by atoms with Crippen molar-refractivity contribution in [3.63, 3.8) is 0 Å². The zero-order valence-corrected chi connectivity index (χ0v) is 22.8. The lowest BCUT2D eigenvalue weighted by molar-refractivity contribution is -0.179. The molecule has 0 radical (unpaired) electrons. The largest absolute Gasteiger partial charge is 0.479 e. The molecule has 5 rings (SSSR count). The third-order valence-corrected chi connectivity index (χ3v) is 9.78. The monoisotopic (exact) mass is 505 g/mol. The van der Waals surface area contributed by atoms with Crippen molar-refractivity contribution >= 4 is 5.97 Å². The maximum atomic E-state index is 11.9. The molecule has 0 aromatic heterocycles. The molecule has 0 bridgehead atoms. The average molecular weight is 506 g/mol. The molecule has 5 aliphatic rings. The number of aliphatic carboxylic acids is 1. The summed E-state index contributed by atoms with van der Waals surface area (Å²) in [5.41, 5.74) is 2.72. The highest BCUT2D eigenvalue weighted by molar-refractivity contribution is 5.76. The van der Waals surface area contributed by atoms with Crippen LogP contribution in [0, 0.1) is 5.92 Å². The lowest BCUT2D eigenvalue weighted by Gasteiger charge is -2.51. The summed E-state index contributed by atoms with van der Waals surface area (Å²) in [4.78, 5) is 17.2. The molecule has 8 heteroatoms. The standard InChI is InChI=1S/C28H51N5O3/c1-28(2,27(34)35)36-24-12-11-21-8-6-14-29-25(21)26(24)32-16-7-15-31(18-19-32)20-22-13-17-33(30-22)23-9-4-3-5-10-23/h21-26,29-30H,3-20H2,1-2H3,(H,34,35). The Morgan fingerprint density at radius 2 is 1.75 bits per heavy atom. The lowest BCUT2D eigenvalue weighted by atomic mass is 9.74. The predicted octanol–water partition coefficient (Wildman–Crippen LogP) is 2.68. The summed E-state index contributed by atoms with van der Waals surface area (Å²) in [6.07, 6.45) is 13.9. The van der Waals surface area contributed by atoms with Crippen LogP contribution in [0.5, 0.6) is 0 Å². The van der Waals surface area contributed by atoms with Gasteiger partial charge in [-0.05, 0) is 90.8 Å². The highest BCUT2D eigenvalue weighted by Crippen LogP contribution is 2.37. The van der Waals surface area contributed by atoms with Gasteiger partial charge < -0.3 is 20.1 Å². The Balaban J connectivity index is 1.19. The summed E-state index contributed by atoms with van der Waals surface area (Å²) >= 11 is 0. The van der Waals surface area contributed by atoms with E-state index in [-0.39, 0.29) is 12.1 Å². The van der Waals surface area contributed by atoms with Gasteiger partial charge in [0.2, 0.25) is 0 Å². The zero-order valence-electron chi connectivity index (χ0n) is 22.8. The molecule has 5 atom stereocenters. The first-order valence-corrected chi connectivity index (χ1v) is 15.0. The lowest BCUT2D eigenvalue weighted by Crippen LogP contribution is -2.65. The molecule has 36 heavy (non-hydrogen) atoms. The van der Waals surface area contributed by atoms with Gasteiger partial charge in [-0.1, -0.05) is 19.3 Å². The van der Waals surface area contributed by atoms with Crippen molar-refractivity contribution in [1.82, 2.24) is 25.6 Å². The van der Waals surface area contributed by atoms with E-state index in [9.17, 15) is 9.90 Å². The third-order valence-electron chi connectivity index (χ3n) is 9.78. The summed E-state index contributed by atoms with van der Waals surface area (Å²) in [6.45, 7) is 11.2. The van der Waals surface area contributed by atoms with Crippen LogP contribution in [0.25, 0.3) is 0 Å². The zero-order chi connectivity index (χ0) is 25.1. The van der Waals surface area contributed by atoms with Crippen LogP contribution in [0.2, 0.25) is 0 Å². The number of fused-ring (bicyclic) bond motifs is 1. The van der Waals surface area contributed by atoms with Gasteiger partial charge >= 0.3 is 5.97 Å². The number of rotatable bonds is 7. The summed E-state index contributed by atoms with van der Waals surface area (Å²) in [5, 5.41) is 16.2. The first kappa shape index (κ1) is 26.8. The highest BCUT2D eigenvalue weighted by Gasteiger charge is 2.47. The minimum absolute atomic E-state index is 0.0324. The Labute approximate surface area is 218 Å². The number of ether oxygens (including phenoxy) is 1. The maximum absolute atomic E-state index is 11.9. The molecule has 3 saturated heterocycles. The van der Waals surface area contributed by atoms with Gasteiger partial charge in [-0.15, -0.1) is 0 Å². The second-order valence-electron chi connectivity index (χ2n) is 12.7. The van der Waals surface area contributed by atoms with E-state index >= 15 is 0 Å². The normalized spacial score (nSPS) is 36.4. The fourth-order valence-corrected chi connectivity index (χ4v) is 7.76. The van der Waals surface area contributed by atoms with E-state index in [4.69, 9.17) is 4.74 Å². The molecule has 206 valence electrons. The van der Waals surface area contributed by atoms with Crippen LogP contribution in [0.4, 0.5) is 0 Å². The molecule has 5 unspecified atom stereocenters. The summed E-state index contributed by atoms with van der Waals surface area (Å²) in [7, 11) is 0. The van der Waals surface area contributed by atoms with Gasteiger partial charge in [0.15, 0.2) is 5.60 Å². The van der Waals surface area contributed by atoms with Crippen molar-refractivity contribution < 1.29 is 14.6 Å². The summed E-state index contributed by atoms with van der Waals surface area (Å²) in [6, 6.07) is 1.99. The van der Waals surface area contributed by atoms with Gasteiger partial charge in [-0.25, -0.2) is 9.80 Å². The minimum atomic E-state index is -1.15. The number of nitrogens with one attached hydrogen (secondary N) is 2. The number of carbonyl (C=O) groups is 1. The van der Waals surface area contributed by atoms with Crippen LogP contribution < -0.4 is 10.7 Å². The third kappa shape index (κ3) is 6.26. The van der Waals surface area contributed by atoms with E-state index in [1.54, 1.807) is 13.8 Å². The molecule has 3 N–H and O–H groups in total. The van der Waals surface area contributed by atoms with Gasteiger partial charge in [-0.3, -0.25) is 10.3 Å². The SMILES string of the molecule is CC(C)(OC1CCC2CCCNC2C1N1CCCN(CC2CCN(C3CCCCC3)N2)CC1)C(=O)O. The number of hydrazine groups is 1. The van der Waals surface area contributed by atoms with E-state index in [1.165, 1.54) is 64.3 Å². The van der Waals surface area contributed by atoms with Crippen LogP contribution >= 0.6 is 0 Å². The highest BCUT2D eigenvalue weighted by atomic mass is 16.5. The molecule has 3 heterocycles. The molecular weight excluding hydrogens is 454 g/mol. The average Bonchev–Trinajstić information content (AvgIpc) is 3.23. The Kier molecular flexibility index (Phi) is 8.91. The van der Waals surface area contributed by atoms with Crippen molar-refractivity contribution in [3.05, 3.63) is 0 Å². The van der Waals surface area contributed by atoms with Gasteiger partial charge in [0.1, 0.15) is 0 Å². The van der Waals surface area contributed by atoms with E-state index < -0.39 is 11.6 Å². The molecule has 8 nitrogen and oxygen atoms in total. The smallest absolute Gasteiger partial charge is 0.335 e. The molecule has 0 amide bonds. The Bertz CT molecular complexity index is 730. The first-order valence-electron chi connectivity index (χ1n) is 15.0. The van der Waals surface area contributed by atoms with Gasteiger partial charge in [0.05, 0.1) is 12.1 Å². The molecule has 0 aromatic rings. The molecule has 2 saturated carbocycles. The van der Waals surface area contributed by atoms with E-state index in [1.807, 2.05) is 0 Å². The first-order chi connectivity index (χ1) is 17.4. The maximum Gasteiger partial charge on any atom is 0.335 e. The Morgan fingerprint density at radius 1 is 0.917 bits per heavy atom. The molecule has 2 aliphatic carbocycles. The molecule has 5 fully saturated rings. The summed E-state index contributed by atoms with van der Waals surface area (Å²) < 4.78 is 6.39. The van der Waals surface area contributed by atoms with E-state index in [0.29, 0.717) is 18.0 Å². The van der Waals surface area contributed by atoms with Gasteiger partial charge in [0, 0.05) is 44.3 Å². The quantitative estimate of drug-likeness (QED) is 0.487.